The van der Waals surface area contributed by atoms with Gasteiger partial charge in [-0.05, 0) is 26.3 Å². The number of carbonyl (C=O) groups is 1. The van der Waals surface area contributed by atoms with Crippen molar-refractivity contribution in [2.45, 2.75) is 94.0 Å². The summed E-state index contributed by atoms with van der Waals surface area (Å²) in [6.45, 7) is 2.14. The molecule has 0 spiro atoms. The van der Waals surface area contributed by atoms with Crippen LogP contribution in [-0.4, -0.2) is 162 Å². The van der Waals surface area contributed by atoms with E-state index in [1.807, 2.05) is 4.90 Å². The molecule has 3 heterocycles. The lowest BCUT2D eigenvalue weighted by Crippen LogP contribution is -2.59. The molecule has 17 heteroatoms. The highest BCUT2D eigenvalue weighted by atomic mass is 16.7. The largest absolute Gasteiger partial charge is 0.492 e. The molecule has 9 N–H and O–H groups in total. The van der Waals surface area contributed by atoms with Gasteiger partial charge < -0.3 is 69.7 Å². The first-order valence-electron chi connectivity index (χ1n) is 14.2. The molecular formula is C26H44N2O15. The number of hydrogen-bond acceptors (Lipinski definition) is 16. The smallest absolute Gasteiger partial charge is 0.333 e. The Morgan fingerprint density at radius 3 is 1.93 bits per heavy atom. The zero-order valence-corrected chi connectivity index (χ0v) is 23.9. The van der Waals surface area contributed by atoms with E-state index in [2.05, 4.69) is 0 Å². The molecule has 2 aliphatic heterocycles. The van der Waals surface area contributed by atoms with Gasteiger partial charge >= 0.3 is 5.97 Å². The topological polar surface area (TPSA) is 253 Å². The van der Waals surface area contributed by atoms with Gasteiger partial charge in [-0.2, -0.15) is 0 Å². The Bertz CT molecular complexity index is 961. The minimum atomic E-state index is -1.57. The Labute approximate surface area is 247 Å². The van der Waals surface area contributed by atoms with Crippen LogP contribution >= 0.6 is 0 Å². The quantitative estimate of drug-likeness (QED) is 0.0805. The molecule has 3 rings (SSSR count). The van der Waals surface area contributed by atoms with Crippen molar-refractivity contribution in [3.63, 3.8) is 0 Å². The van der Waals surface area contributed by atoms with Crippen LogP contribution in [0.25, 0.3) is 0 Å². The van der Waals surface area contributed by atoms with Gasteiger partial charge in [0, 0.05) is 31.6 Å². The summed E-state index contributed by atoms with van der Waals surface area (Å²) in [7, 11) is 0. The number of ether oxygens (including phenoxy) is 4. The van der Waals surface area contributed by atoms with Crippen molar-refractivity contribution in [2.75, 3.05) is 39.5 Å². The molecule has 0 unspecified atom stereocenters. The lowest BCUT2D eigenvalue weighted by atomic mass is 9.99. The van der Waals surface area contributed by atoms with E-state index in [4.69, 9.17) is 23.8 Å². The van der Waals surface area contributed by atoms with E-state index < -0.39 is 85.7 Å². The standard InChI is InChI=1S/C26H44N2O15/c1-14-19(33)21(35)23(37)25(41-14)39-11-9-27(10-12-40-26-24(38)22(36)20(34)15(13-29)42-26)8-4-2-3-5-18(32)43-28-16(30)6-7-17(28)31/h6-7,14-15,19-26,29-31,33-38H,2-5,8-13H2,1H3/t14-,15+,19+,20+,21+,22-,23-,24-,25+,26-/m0/s1. The maximum Gasteiger partial charge on any atom is 0.333 e. The maximum atomic E-state index is 12.0. The number of aliphatic hydroxyl groups is 7. The predicted molar refractivity (Wildman–Crippen MR) is 142 cm³/mol. The molecule has 0 aromatic carbocycles. The third kappa shape index (κ3) is 9.68. The number of rotatable bonds is 16. The molecular weight excluding hydrogens is 580 g/mol. The van der Waals surface area contributed by atoms with Crippen molar-refractivity contribution in [1.82, 2.24) is 9.63 Å². The Kier molecular flexibility index (Phi) is 13.8. The second kappa shape index (κ2) is 16.8. The summed E-state index contributed by atoms with van der Waals surface area (Å²) in [6.07, 6.45) is -11.4. The number of unbranched alkanes of at least 4 members (excludes halogenated alkanes) is 2. The van der Waals surface area contributed by atoms with E-state index in [1.54, 1.807) is 6.92 Å². The number of carbonyl (C=O) groups excluding carboxylic acids is 1. The molecule has 2 aliphatic rings. The summed E-state index contributed by atoms with van der Waals surface area (Å²) < 4.78 is 22.6. The van der Waals surface area contributed by atoms with Crippen LogP contribution in [0.5, 0.6) is 11.8 Å². The van der Waals surface area contributed by atoms with Crippen molar-refractivity contribution in [2.24, 2.45) is 0 Å². The summed E-state index contributed by atoms with van der Waals surface area (Å²) >= 11 is 0. The SMILES string of the molecule is C[C@@H]1O[C@@H](OCCN(CCCCCC(=O)On2c(O)ccc2O)CCO[C@H]2O[C@H](CO)[C@@H](O)[C@H](O)[C@@H]2O)[C@@H](O)[C@H](O)[C@@H]1O. The molecule has 0 aliphatic carbocycles. The van der Waals surface area contributed by atoms with Crippen molar-refractivity contribution in [3.05, 3.63) is 12.1 Å². The van der Waals surface area contributed by atoms with Crippen molar-refractivity contribution >= 4 is 5.97 Å². The maximum absolute atomic E-state index is 12.0. The molecule has 0 saturated carbocycles. The molecule has 43 heavy (non-hydrogen) atoms. The predicted octanol–water partition coefficient (Wildman–Crippen LogP) is -3.62. The Morgan fingerprint density at radius 1 is 0.791 bits per heavy atom. The van der Waals surface area contributed by atoms with Crippen LogP contribution in [0.4, 0.5) is 0 Å². The normalized spacial score (nSPS) is 33.1. The van der Waals surface area contributed by atoms with Crippen molar-refractivity contribution < 1.29 is 74.5 Å². The van der Waals surface area contributed by atoms with E-state index in [9.17, 15) is 50.8 Å². The average molecular weight is 625 g/mol. The number of nitrogens with zero attached hydrogens (tertiary/aromatic N) is 2. The lowest BCUT2D eigenvalue weighted by molar-refractivity contribution is -0.301. The summed E-state index contributed by atoms with van der Waals surface area (Å²) in [5, 5.41) is 88.7. The van der Waals surface area contributed by atoms with Gasteiger partial charge in [0.15, 0.2) is 12.6 Å². The van der Waals surface area contributed by atoms with Crippen LogP contribution in [0, 0.1) is 0 Å². The Morgan fingerprint density at radius 2 is 1.35 bits per heavy atom. The number of aromatic nitrogens is 1. The van der Waals surface area contributed by atoms with Gasteiger partial charge in [0.2, 0.25) is 11.8 Å². The third-order valence-electron chi connectivity index (χ3n) is 7.38. The number of aliphatic hydroxyl groups excluding tert-OH is 7. The summed E-state index contributed by atoms with van der Waals surface area (Å²) in [5.41, 5.74) is 0. The fourth-order valence-electron chi connectivity index (χ4n) is 4.71. The summed E-state index contributed by atoms with van der Waals surface area (Å²) in [5.74, 6) is -1.48. The Hall–Kier alpha value is -2.13. The zero-order chi connectivity index (χ0) is 31.7. The Balaban J connectivity index is 1.47. The van der Waals surface area contributed by atoms with Gasteiger partial charge in [-0.1, -0.05) is 6.42 Å². The van der Waals surface area contributed by atoms with Crippen LogP contribution < -0.4 is 4.84 Å². The molecule has 1 aromatic rings. The first kappa shape index (κ1) is 35.4. The highest BCUT2D eigenvalue weighted by Crippen LogP contribution is 2.23. The van der Waals surface area contributed by atoms with E-state index in [1.165, 1.54) is 12.1 Å². The van der Waals surface area contributed by atoms with Crippen LogP contribution in [0.1, 0.15) is 32.6 Å². The fraction of sp³-hybridized carbons (Fsp3) is 0.808. The van der Waals surface area contributed by atoms with Gasteiger partial charge in [-0.25, -0.2) is 4.79 Å². The lowest BCUT2D eigenvalue weighted by Gasteiger charge is -2.40. The van der Waals surface area contributed by atoms with Crippen molar-refractivity contribution in [1.29, 1.82) is 0 Å². The number of hydrogen-bond donors (Lipinski definition) is 9. The summed E-state index contributed by atoms with van der Waals surface area (Å²) in [4.78, 5) is 18.9. The van der Waals surface area contributed by atoms with E-state index in [0.717, 1.165) is 0 Å². The first-order chi connectivity index (χ1) is 20.4. The molecule has 2 saturated heterocycles. The minimum absolute atomic E-state index is 0.0172. The molecule has 248 valence electrons. The molecule has 0 bridgehead atoms. The molecule has 1 aromatic heterocycles. The monoisotopic (exact) mass is 624 g/mol. The number of aromatic hydroxyl groups is 2. The second-order valence-corrected chi connectivity index (χ2v) is 10.6. The van der Waals surface area contributed by atoms with Crippen molar-refractivity contribution in [3.8, 4) is 11.8 Å². The molecule has 0 radical (unpaired) electrons. The molecule has 0 amide bonds. The first-order valence-corrected chi connectivity index (χ1v) is 14.2. The fourth-order valence-corrected chi connectivity index (χ4v) is 4.71. The van der Waals surface area contributed by atoms with Crippen LogP contribution in [0.15, 0.2) is 12.1 Å². The zero-order valence-electron chi connectivity index (χ0n) is 23.9. The van der Waals surface area contributed by atoms with Crippen LogP contribution in [0.3, 0.4) is 0 Å². The molecule has 2 fully saturated rings. The van der Waals surface area contributed by atoms with E-state index >= 15 is 0 Å². The highest BCUT2D eigenvalue weighted by molar-refractivity contribution is 5.69. The molecule has 10 atom stereocenters. The second-order valence-electron chi connectivity index (χ2n) is 10.6. The summed E-state index contributed by atoms with van der Waals surface area (Å²) in [6, 6.07) is 2.35. The van der Waals surface area contributed by atoms with Gasteiger partial charge in [0.25, 0.3) is 0 Å². The van der Waals surface area contributed by atoms with Crippen LogP contribution in [0.2, 0.25) is 0 Å². The van der Waals surface area contributed by atoms with E-state index in [-0.39, 0.29) is 19.6 Å². The third-order valence-corrected chi connectivity index (χ3v) is 7.38. The van der Waals surface area contributed by atoms with Gasteiger partial charge in [-0.3, -0.25) is 4.90 Å². The minimum Gasteiger partial charge on any atom is -0.492 e. The van der Waals surface area contributed by atoms with Crippen LogP contribution in [-0.2, 0) is 23.7 Å². The highest BCUT2D eigenvalue weighted by Gasteiger charge is 2.44. The van der Waals surface area contributed by atoms with Gasteiger partial charge in [-0.15, -0.1) is 4.73 Å². The molecule has 17 nitrogen and oxygen atoms in total. The van der Waals surface area contributed by atoms with Gasteiger partial charge in [0.1, 0.15) is 42.7 Å². The average Bonchev–Trinajstić information content (AvgIpc) is 3.30. The van der Waals surface area contributed by atoms with E-state index in [0.29, 0.717) is 43.6 Å². The van der Waals surface area contributed by atoms with Gasteiger partial charge in [0.05, 0.1) is 25.9 Å².